The first-order valence-corrected chi connectivity index (χ1v) is 5.66. The van der Waals surface area contributed by atoms with Crippen molar-refractivity contribution in [1.82, 2.24) is 5.32 Å². The van der Waals surface area contributed by atoms with Gasteiger partial charge in [0.15, 0.2) is 0 Å². The van der Waals surface area contributed by atoms with Crippen LogP contribution in [0.1, 0.15) is 0 Å². The van der Waals surface area contributed by atoms with Crippen LogP contribution >= 0.6 is 15.9 Å². The van der Waals surface area contributed by atoms with Crippen LogP contribution in [0.2, 0.25) is 0 Å². The summed E-state index contributed by atoms with van der Waals surface area (Å²) in [6.45, 7) is 0. The van der Waals surface area contributed by atoms with Gasteiger partial charge in [-0.05, 0) is 34.1 Å². The Kier molecular flexibility index (Phi) is 5.19. The molecular formula is C11H8BrFN2O4. The number of aliphatic carboxylic acids is 1. The third kappa shape index (κ3) is 5.30. The van der Waals surface area contributed by atoms with E-state index in [1.807, 2.05) is 5.32 Å². The van der Waals surface area contributed by atoms with Crippen molar-refractivity contribution in [2.75, 3.05) is 5.32 Å². The fourth-order valence-corrected chi connectivity index (χ4v) is 1.42. The molecule has 1 aromatic carbocycles. The first-order chi connectivity index (χ1) is 8.88. The molecule has 0 aliphatic rings. The van der Waals surface area contributed by atoms with E-state index in [0.717, 1.165) is 6.07 Å². The molecule has 100 valence electrons. The third-order valence-electron chi connectivity index (χ3n) is 1.79. The molecule has 1 aromatic rings. The van der Waals surface area contributed by atoms with E-state index in [4.69, 9.17) is 5.11 Å². The van der Waals surface area contributed by atoms with Gasteiger partial charge in [-0.2, -0.15) is 0 Å². The lowest BCUT2D eigenvalue weighted by Gasteiger charge is -2.05. The lowest BCUT2D eigenvalue weighted by Crippen LogP contribution is -2.33. The molecule has 0 heterocycles. The number of carbonyl (C=O) groups excluding carboxylic acids is 2. The second-order valence-electron chi connectivity index (χ2n) is 3.24. The number of nitrogens with one attached hydrogen (secondary N) is 2. The quantitative estimate of drug-likeness (QED) is 0.737. The van der Waals surface area contributed by atoms with Gasteiger partial charge in [-0.15, -0.1) is 0 Å². The fraction of sp³-hybridized carbons (Fsp3) is 0. The maximum atomic E-state index is 12.9. The van der Waals surface area contributed by atoms with Crippen molar-refractivity contribution in [3.63, 3.8) is 0 Å². The molecule has 0 saturated heterocycles. The Bertz CT molecular complexity index is 560. The third-order valence-corrected chi connectivity index (χ3v) is 2.40. The van der Waals surface area contributed by atoms with Gasteiger partial charge in [0.05, 0.1) is 4.47 Å². The Morgan fingerprint density at radius 3 is 2.53 bits per heavy atom. The summed E-state index contributed by atoms with van der Waals surface area (Å²) in [6.07, 6.45) is 1.29. The summed E-state index contributed by atoms with van der Waals surface area (Å²) in [5.41, 5.74) is 0.265. The Morgan fingerprint density at radius 2 is 1.95 bits per heavy atom. The number of urea groups is 1. The molecule has 0 radical (unpaired) electrons. The van der Waals surface area contributed by atoms with E-state index in [0.29, 0.717) is 12.2 Å². The lowest BCUT2D eigenvalue weighted by atomic mass is 10.3. The van der Waals surface area contributed by atoms with Gasteiger partial charge in [-0.1, -0.05) is 0 Å². The van der Waals surface area contributed by atoms with Crippen LogP contribution in [-0.2, 0) is 9.59 Å². The van der Waals surface area contributed by atoms with Crippen LogP contribution in [0.25, 0.3) is 0 Å². The normalized spacial score (nSPS) is 10.2. The average Bonchev–Trinajstić information content (AvgIpc) is 2.31. The lowest BCUT2D eigenvalue weighted by molar-refractivity contribution is -0.131. The monoisotopic (exact) mass is 330 g/mol. The van der Waals surface area contributed by atoms with Crippen LogP contribution < -0.4 is 10.6 Å². The van der Waals surface area contributed by atoms with Gasteiger partial charge in [0.1, 0.15) is 5.82 Å². The summed E-state index contributed by atoms with van der Waals surface area (Å²) in [6, 6.07) is 2.88. The molecule has 0 saturated carbocycles. The molecule has 19 heavy (non-hydrogen) atoms. The highest BCUT2D eigenvalue weighted by molar-refractivity contribution is 9.10. The van der Waals surface area contributed by atoms with Crippen molar-refractivity contribution in [2.24, 2.45) is 0 Å². The van der Waals surface area contributed by atoms with Gasteiger partial charge < -0.3 is 10.4 Å². The van der Waals surface area contributed by atoms with Gasteiger partial charge in [-0.25, -0.2) is 14.0 Å². The number of carboxylic acid groups (broad SMARTS) is 1. The molecule has 0 atom stereocenters. The van der Waals surface area contributed by atoms with E-state index in [9.17, 15) is 18.8 Å². The van der Waals surface area contributed by atoms with Gasteiger partial charge in [-0.3, -0.25) is 10.1 Å². The Hall–Kier alpha value is -2.22. The fourth-order valence-electron chi connectivity index (χ4n) is 1.04. The molecule has 1 rings (SSSR count). The zero-order valence-corrected chi connectivity index (χ0v) is 10.9. The molecule has 3 amide bonds. The Balaban J connectivity index is 2.58. The topological polar surface area (TPSA) is 95.5 Å². The van der Waals surface area contributed by atoms with Crippen LogP contribution in [0, 0.1) is 5.82 Å². The minimum atomic E-state index is -1.31. The number of carboxylic acids is 1. The molecule has 0 aliphatic carbocycles. The first-order valence-electron chi connectivity index (χ1n) is 4.86. The minimum Gasteiger partial charge on any atom is -0.478 e. The van der Waals surface area contributed by atoms with E-state index >= 15 is 0 Å². The van der Waals surface area contributed by atoms with Crippen LogP contribution in [0.4, 0.5) is 14.9 Å². The largest absolute Gasteiger partial charge is 0.478 e. The van der Waals surface area contributed by atoms with Gasteiger partial charge in [0, 0.05) is 17.8 Å². The highest BCUT2D eigenvalue weighted by Crippen LogP contribution is 2.19. The highest BCUT2D eigenvalue weighted by Gasteiger charge is 2.07. The Morgan fingerprint density at radius 1 is 1.26 bits per heavy atom. The predicted molar refractivity (Wildman–Crippen MR) is 68.0 cm³/mol. The SMILES string of the molecule is O=C(O)/C=C/C(=O)NC(=O)Nc1ccc(F)c(Br)c1. The number of hydrogen-bond acceptors (Lipinski definition) is 3. The summed E-state index contributed by atoms with van der Waals surface area (Å²) < 4.78 is 13.1. The summed E-state index contributed by atoms with van der Waals surface area (Å²) in [7, 11) is 0. The second-order valence-corrected chi connectivity index (χ2v) is 4.10. The number of amides is 3. The zero-order chi connectivity index (χ0) is 14.4. The molecule has 3 N–H and O–H groups in total. The minimum absolute atomic E-state index is 0.155. The molecule has 6 nitrogen and oxygen atoms in total. The Labute approximate surface area is 115 Å². The summed E-state index contributed by atoms with van der Waals surface area (Å²) >= 11 is 2.94. The van der Waals surface area contributed by atoms with Crippen molar-refractivity contribution < 1.29 is 23.9 Å². The van der Waals surface area contributed by atoms with Gasteiger partial charge >= 0.3 is 12.0 Å². The van der Waals surface area contributed by atoms with E-state index in [-0.39, 0.29) is 10.2 Å². The van der Waals surface area contributed by atoms with Crippen molar-refractivity contribution >= 4 is 39.5 Å². The standard InChI is InChI=1S/C11H8BrFN2O4/c12-7-5-6(1-2-8(7)13)14-11(19)15-9(16)3-4-10(17)18/h1-5H,(H,17,18)(H2,14,15,16,19)/b4-3+. The molecule has 8 heteroatoms. The van der Waals surface area contributed by atoms with E-state index in [2.05, 4.69) is 21.2 Å². The van der Waals surface area contributed by atoms with Gasteiger partial charge in [0.2, 0.25) is 0 Å². The van der Waals surface area contributed by atoms with Crippen molar-refractivity contribution in [2.45, 2.75) is 0 Å². The van der Waals surface area contributed by atoms with E-state index in [1.165, 1.54) is 12.1 Å². The maximum Gasteiger partial charge on any atom is 0.328 e. The molecular weight excluding hydrogens is 323 g/mol. The van der Waals surface area contributed by atoms with E-state index in [1.54, 1.807) is 0 Å². The maximum absolute atomic E-state index is 12.9. The smallest absolute Gasteiger partial charge is 0.328 e. The van der Waals surface area contributed by atoms with Crippen LogP contribution in [0.5, 0.6) is 0 Å². The second kappa shape index (κ2) is 6.64. The number of rotatable bonds is 3. The average molecular weight is 331 g/mol. The molecule has 0 aliphatic heterocycles. The number of halogens is 2. The van der Waals surface area contributed by atoms with Crippen LogP contribution in [0.3, 0.4) is 0 Å². The van der Waals surface area contributed by atoms with Crippen molar-refractivity contribution in [3.05, 3.63) is 40.6 Å². The molecule has 0 bridgehead atoms. The summed E-state index contributed by atoms with van der Waals surface area (Å²) in [5, 5.41) is 12.4. The van der Waals surface area contributed by atoms with Crippen LogP contribution in [0.15, 0.2) is 34.8 Å². The van der Waals surface area contributed by atoms with E-state index < -0.39 is 23.7 Å². The summed E-state index contributed by atoms with van der Waals surface area (Å²) in [5.74, 6) is -2.69. The number of carbonyl (C=O) groups is 3. The van der Waals surface area contributed by atoms with Gasteiger partial charge in [0.25, 0.3) is 5.91 Å². The number of anilines is 1. The first kappa shape index (κ1) is 14.8. The number of imide groups is 1. The molecule has 0 fully saturated rings. The molecule has 0 aromatic heterocycles. The number of hydrogen-bond donors (Lipinski definition) is 3. The predicted octanol–water partition coefficient (Wildman–Crippen LogP) is 1.88. The van der Waals surface area contributed by atoms with Crippen LogP contribution in [-0.4, -0.2) is 23.0 Å². The number of benzene rings is 1. The zero-order valence-electron chi connectivity index (χ0n) is 9.31. The molecule has 0 unspecified atom stereocenters. The van der Waals surface area contributed by atoms with Crippen molar-refractivity contribution in [3.8, 4) is 0 Å². The molecule has 0 spiro atoms. The van der Waals surface area contributed by atoms with Crippen molar-refractivity contribution in [1.29, 1.82) is 0 Å². The summed E-state index contributed by atoms with van der Waals surface area (Å²) in [4.78, 5) is 32.6. The highest BCUT2D eigenvalue weighted by atomic mass is 79.9.